The third-order valence-electron chi connectivity index (χ3n) is 3.71. The largest absolute Gasteiger partial charge is 0.484 e. The molecule has 2 heterocycles. The quantitative estimate of drug-likeness (QED) is 0.886. The second-order valence-electron chi connectivity index (χ2n) is 6.28. The van der Waals surface area contributed by atoms with Crippen LogP contribution < -0.4 is 15.0 Å². The number of carbonyl (C=O) groups is 1. The molecule has 0 spiro atoms. The van der Waals surface area contributed by atoms with E-state index in [4.69, 9.17) is 9.15 Å². The van der Waals surface area contributed by atoms with Crippen molar-refractivity contribution in [3.63, 3.8) is 0 Å². The van der Waals surface area contributed by atoms with Gasteiger partial charge in [-0.1, -0.05) is 0 Å². The van der Waals surface area contributed by atoms with Crippen LogP contribution in [0.3, 0.4) is 0 Å². The highest BCUT2D eigenvalue weighted by Gasteiger charge is 2.31. The maximum Gasteiger partial charge on any atom is 0.252 e. The molecule has 0 bridgehead atoms. The van der Waals surface area contributed by atoms with Crippen LogP contribution in [0, 0.1) is 0 Å². The number of hydrogen-bond donors (Lipinski definition) is 1. The first-order valence-electron chi connectivity index (χ1n) is 7.40. The van der Waals surface area contributed by atoms with Crippen molar-refractivity contribution in [2.75, 3.05) is 18.5 Å². The standard InChI is InChI=1S/C17H19BrN2O3/c1-17(2)10-20(3)14-7-12(13(18)8-15(14)23-17)16(21)19-9-11-5-4-6-22-11/h4-8H,9-10H2,1-3H3,(H,19,21). The Hall–Kier alpha value is -1.95. The van der Waals surface area contributed by atoms with Gasteiger partial charge >= 0.3 is 0 Å². The summed E-state index contributed by atoms with van der Waals surface area (Å²) in [5, 5.41) is 2.86. The van der Waals surface area contributed by atoms with E-state index in [-0.39, 0.29) is 11.5 Å². The number of hydrogen-bond acceptors (Lipinski definition) is 4. The summed E-state index contributed by atoms with van der Waals surface area (Å²) < 4.78 is 11.9. The highest BCUT2D eigenvalue weighted by Crippen LogP contribution is 2.39. The maximum absolute atomic E-state index is 12.4. The zero-order valence-corrected chi connectivity index (χ0v) is 14.9. The number of amides is 1. The second-order valence-corrected chi connectivity index (χ2v) is 7.13. The lowest BCUT2D eigenvalue weighted by Gasteiger charge is -2.39. The maximum atomic E-state index is 12.4. The Morgan fingerprint density at radius 1 is 1.43 bits per heavy atom. The first-order valence-corrected chi connectivity index (χ1v) is 8.19. The Bertz CT molecular complexity index is 726. The van der Waals surface area contributed by atoms with Gasteiger partial charge in [0.25, 0.3) is 5.91 Å². The molecule has 0 saturated heterocycles. The minimum absolute atomic E-state index is 0.158. The summed E-state index contributed by atoms with van der Waals surface area (Å²) in [6.45, 7) is 5.21. The van der Waals surface area contributed by atoms with Crippen LogP contribution in [0.15, 0.2) is 39.4 Å². The lowest BCUT2D eigenvalue weighted by atomic mass is 10.0. The first-order chi connectivity index (χ1) is 10.9. The summed E-state index contributed by atoms with van der Waals surface area (Å²) in [5.74, 6) is 1.34. The summed E-state index contributed by atoms with van der Waals surface area (Å²) in [4.78, 5) is 14.5. The SMILES string of the molecule is CN1CC(C)(C)Oc2cc(Br)c(C(=O)NCc3ccco3)cc21. The fourth-order valence-electron chi connectivity index (χ4n) is 2.76. The number of ether oxygens (including phenoxy) is 1. The van der Waals surface area contributed by atoms with E-state index >= 15 is 0 Å². The molecule has 0 atom stereocenters. The highest BCUT2D eigenvalue weighted by atomic mass is 79.9. The Morgan fingerprint density at radius 2 is 2.22 bits per heavy atom. The van der Waals surface area contributed by atoms with E-state index in [1.807, 2.05) is 39.1 Å². The van der Waals surface area contributed by atoms with Crippen molar-refractivity contribution in [3.8, 4) is 5.75 Å². The number of benzene rings is 1. The molecular formula is C17H19BrN2O3. The summed E-state index contributed by atoms with van der Waals surface area (Å²) >= 11 is 3.47. The van der Waals surface area contributed by atoms with Gasteiger partial charge in [-0.3, -0.25) is 4.79 Å². The van der Waals surface area contributed by atoms with Gasteiger partial charge in [0, 0.05) is 11.5 Å². The molecule has 0 fully saturated rings. The summed E-state index contributed by atoms with van der Waals surface area (Å²) in [6, 6.07) is 7.33. The van der Waals surface area contributed by atoms with Gasteiger partial charge in [-0.2, -0.15) is 0 Å². The number of halogens is 1. The Balaban J connectivity index is 1.83. The number of furan rings is 1. The number of likely N-dealkylation sites (N-methyl/N-ethyl adjacent to an activating group) is 1. The molecule has 1 aromatic heterocycles. The summed E-state index contributed by atoms with van der Waals surface area (Å²) in [7, 11) is 2.00. The molecule has 3 rings (SSSR count). The van der Waals surface area contributed by atoms with Crippen molar-refractivity contribution >= 4 is 27.5 Å². The lowest BCUT2D eigenvalue weighted by molar-refractivity contribution is 0.0946. The molecule has 1 N–H and O–H groups in total. The number of fused-ring (bicyclic) bond motifs is 1. The van der Waals surface area contributed by atoms with E-state index in [1.54, 1.807) is 12.3 Å². The predicted octanol–water partition coefficient (Wildman–Crippen LogP) is 3.58. The number of rotatable bonds is 3. The second kappa shape index (κ2) is 5.92. The van der Waals surface area contributed by atoms with E-state index in [1.165, 1.54) is 0 Å². The third-order valence-corrected chi connectivity index (χ3v) is 4.37. The molecule has 0 aliphatic carbocycles. The summed E-state index contributed by atoms with van der Waals surface area (Å²) in [6.07, 6.45) is 1.59. The van der Waals surface area contributed by atoms with Crippen molar-refractivity contribution in [1.29, 1.82) is 0 Å². The van der Waals surface area contributed by atoms with Crippen molar-refractivity contribution in [2.24, 2.45) is 0 Å². The van der Waals surface area contributed by atoms with Gasteiger partial charge in [0.05, 0.1) is 30.6 Å². The van der Waals surface area contributed by atoms with Crippen LogP contribution in [0.1, 0.15) is 30.0 Å². The monoisotopic (exact) mass is 378 g/mol. The molecule has 1 amide bonds. The van der Waals surface area contributed by atoms with Gasteiger partial charge in [0.15, 0.2) is 0 Å². The predicted molar refractivity (Wildman–Crippen MR) is 92.0 cm³/mol. The number of carbonyl (C=O) groups excluding carboxylic acids is 1. The average molecular weight is 379 g/mol. The Kier molecular flexibility index (Phi) is 4.10. The fraction of sp³-hybridized carbons (Fsp3) is 0.353. The Morgan fingerprint density at radius 3 is 2.91 bits per heavy atom. The number of anilines is 1. The van der Waals surface area contributed by atoms with Crippen LogP contribution in [0.25, 0.3) is 0 Å². The molecule has 2 aromatic rings. The molecular weight excluding hydrogens is 360 g/mol. The molecule has 0 unspecified atom stereocenters. The molecule has 6 heteroatoms. The molecule has 122 valence electrons. The molecule has 1 aliphatic heterocycles. The van der Waals surface area contributed by atoms with Gasteiger partial charge in [-0.25, -0.2) is 0 Å². The minimum atomic E-state index is -0.260. The average Bonchev–Trinajstić information content (AvgIpc) is 2.96. The number of nitrogens with one attached hydrogen (secondary N) is 1. The zero-order chi connectivity index (χ0) is 16.6. The van der Waals surface area contributed by atoms with Crippen molar-refractivity contribution in [2.45, 2.75) is 26.0 Å². The van der Waals surface area contributed by atoms with Crippen LogP contribution in [0.5, 0.6) is 5.75 Å². The van der Waals surface area contributed by atoms with E-state index in [2.05, 4.69) is 26.1 Å². The topological polar surface area (TPSA) is 54.7 Å². The van der Waals surface area contributed by atoms with Gasteiger partial charge in [-0.15, -0.1) is 0 Å². The van der Waals surface area contributed by atoms with Crippen LogP contribution in [-0.4, -0.2) is 25.1 Å². The fourth-order valence-corrected chi connectivity index (χ4v) is 3.26. The molecule has 0 saturated carbocycles. The van der Waals surface area contributed by atoms with Gasteiger partial charge in [0.2, 0.25) is 0 Å². The van der Waals surface area contributed by atoms with Crippen LogP contribution in [-0.2, 0) is 6.54 Å². The Labute approximate surface area is 143 Å². The summed E-state index contributed by atoms with van der Waals surface area (Å²) in [5.41, 5.74) is 1.23. The van der Waals surface area contributed by atoms with Crippen molar-refractivity contribution in [1.82, 2.24) is 5.32 Å². The van der Waals surface area contributed by atoms with Crippen molar-refractivity contribution < 1.29 is 13.9 Å². The molecule has 5 nitrogen and oxygen atoms in total. The smallest absolute Gasteiger partial charge is 0.252 e. The van der Waals surface area contributed by atoms with Gasteiger partial charge in [0.1, 0.15) is 17.1 Å². The van der Waals surface area contributed by atoms with E-state index in [9.17, 15) is 4.79 Å². The van der Waals surface area contributed by atoms with Crippen molar-refractivity contribution in [3.05, 3.63) is 46.3 Å². The normalized spacial score (nSPS) is 15.7. The molecule has 1 aromatic carbocycles. The molecule has 1 aliphatic rings. The lowest BCUT2D eigenvalue weighted by Crippen LogP contribution is -2.45. The molecule has 23 heavy (non-hydrogen) atoms. The van der Waals surface area contributed by atoms with Crippen LogP contribution in [0.4, 0.5) is 5.69 Å². The first kappa shape index (κ1) is 15.9. The van der Waals surface area contributed by atoms with Gasteiger partial charge < -0.3 is 19.4 Å². The van der Waals surface area contributed by atoms with Crippen LogP contribution in [0.2, 0.25) is 0 Å². The minimum Gasteiger partial charge on any atom is -0.484 e. The third kappa shape index (κ3) is 3.37. The zero-order valence-electron chi connectivity index (χ0n) is 13.4. The number of nitrogens with zero attached hydrogens (tertiary/aromatic N) is 1. The van der Waals surface area contributed by atoms with E-state index < -0.39 is 0 Å². The van der Waals surface area contributed by atoms with E-state index in [0.717, 1.165) is 23.7 Å². The molecule has 0 radical (unpaired) electrons. The van der Waals surface area contributed by atoms with E-state index in [0.29, 0.717) is 16.6 Å². The van der Waals surface area contributed by atoms with Gasteiger partial charge in [-0.05, 0) is 54.0 Å². The van der Waals surface area contributed by atoms with Crippen LogP contribution >= 0.6 is 15.9 Å². The highest BCUT2D eigenvalue weighted by molar-refractivity contribution is 9.10.